The standard InChI is InChI=1S/C11H12O3.Zr/c1-8-2-4-9(5-3-8)10(12)6-7-11(13)14;/h2-5H,6-7H2,1H3,(H,13,14);. The summed E-state index contributed by atoms with van der Waals surface area (Å²) in [5, 5.41) is 8.40. The molecule has 0 fully saturated rings. The summed E-state index contributed by atoms with van der Waals surface area (Å²) in [7, 11) is 0. The van der Waals surface area contributed by atoms with E-state index in [1.165, 1.54) is 0 Å². The van der Waals surface area contributed by atoms with Crippen molar-refractivity contribution in [2.24, 2.45) is 0 Å². The van der Waals surface area contributed by atoms with Gasteiger partial charge in [-0.3, -0.25) is 9.59 Å². The minimum Gasteiger partial charge on any atom is -0.481 e. The number of carboxylic acid groups (broad SMARTS) is 1. The van der Waals surface area contributed by atoms with E-state index in [2.05, 4.69) is 0 Å². The molecule has 0 aliphatic heterocycles. The zero-order valence-corrected chi connectivity index (χ0v) is 10.9. The first-order valence-electron chi connectivity index (χ1n) is 4.41. The van der Waals surface area contributed by atoms with E-state index in [-0.39, 0.29) is 44.8 Å². The Bertz CT molecular complexity index is 343. The Morgan fingerprint density at radius 1 is 1.13 bits per heavy atom. The van der Waals surface area contributed by atoms with E-state index >= 15 is 0 Å². The van der Waals surface area contributed by atoms with Crippen molar-refractivity contribution in [3.8, 4) is 0 Å². The number of Topliss-reactive ketones (excluding diaryl/α,β-unsaturated/α-hetero) is 1. The van der Waals surface area contributed by atoms with Crippen LogP contribution in [0.2, 0.25) is 0 Å². The molecular weight excluding hydrogens is 271 g/mol. The van der Waals surface area contributed by atoms with Crippen molar-refractivity contribution in [2.45, 2.75) is 19.8 Å². The zero-order valence-electron chi connectivity index (χ0n) is 8.49. The monoisotopic (exact) mass is 282 g/mol. The third-order valence-electron chi connectivity index (χ3n) is 1.94. The van der Waals surface area contributed by atoms with Gasteiger partial charge in [0, 0.05) is 38.2 Å². The topological polar surface area (TPSA) is 54.4 Å². The largest absolute Gasteiger partial charge is 0.481 e. The van der Waals surface area contributed by atoms with Gasteiger partial charge in [-0.05, 0) is 6.92 Å². The summed E-state index contributed by atoms with van der Waals surface area (Å²) in [6.45, 7) is 1.94. The van der Waals surface area contributed by atoms with E-state index in [0.29, 0.717) is 5.56 Å². The minimum atomic E-state index is -0.939. The van der Waals surface area contributed by atoms with Crippen LogP contribution in [0.1, 0.15) is 28.8 Å². The van der Waals surface area contributed by atoms with Gasteiger partial charge in [0.05, 0.1) is 6.42 Å². The summed E-state index contributed by atoms with van der Waals surface area (Å²) in [5.41, 5.74) is 1.66. The molecule has 0 aromatic heterocycles. The first-order chi connectivity index (χ1) is 6.59. The first-order valence-corrected chi connectivity index (χ1v) is 4.41. The molecule has 1 aromatic carbocycles. The molecule has 0 spiro atoms. The number of aryl methyl sites for hydroxylation is 1. The van der Waals surface area contributed by atoms with Gasteiger partial charge < -0.3 is 5.11 Å². The van der Waals surface area contributed by atoms with Crippen LogP contribution in [0.5, 0.6) is 0 Å². The Kier molecular flexibility index (Phi) is 6.34. The average molecular weight is 283 g/mol. The molecule has 1 N–H and O–H groups in total. The van der Waals surface area contributed by atoms with Crippen LogP contribution in [0.15, 0.2) is 24.3 Å². The number of hydrogen-bond acceptors (Lipinski definition) is 2. The number of benzene rings is 1. The van der Waals surface area contributed by atoms with E-state index in [4.69, 9.17) is 5.11 Å². The van der Waals surface area contributed by atoms with Crippen molar-refractivity contribution in [2.75, 3.05) is 0 Å². The van der Waals surface area contributed by atoms with Crippen molar-refractivity contribution in [3.63, 3.8) is 0 Å². The molecular formula is C11H12O3Zr. The number of ketones is 1. The van der Waals surface area contributed by atoms with Gasteiger partial charge in [-0.25, -0.2) is 0 Å². The fourth-order valence-electron chi connectivity index (χ4n) is 1.10. The third kappa shape index (κ3) is 5.03. The molecule has 0 bridgehead atoms. The number of carboxylic acids is 1. The molecule has 0 aliphatic rings. The summed E-state index contributed by atoms with van der Waals surface area (Å²) in [5.74, 6) is -1.06. The molecule has 15 heavy (non-hydrogen) atoms. The van der Waals surface area contributed by atoms with Crippen LogP contribution in [0.4, 0.5) is 0 Å². The number of carbonyl (C=O) groups excluding carboxylic acids is 1. The summed E-state index contributed by atoms with van der Waals surface area (Å²) < 4.78 is 0. The SMILES string of the molecule is Cc1ccc(C(=O)CCC(=O)O)cc1.[Zr]. The fourth-order valence-corrected chi connectivity index (χ4v) is 1.10. The Hall–Kier alpha value is -0.757. The molecule has 1 rings (SSSR count). The summed E-state index contributed by atoms with van der Waals surface area (Å²) in [6, 6.07) is 7.13. The molecule has 0 radical (unpaired) electrons. The van der Waals surface area contributed by atoms with E-state index in [1.54, 1.807) is 12.1 Å². The third-order valence-corrected chi connectivity index (χ3v) is 1.94. The van der Waals surface area contributed by atoms with Crippen LogP contribution in [-0.2, 0) is 31.0 Å². The second kappa shape index (κ2) is 6.68. The Balaban J connectivity index is 0.00000196. The molecule has 0 saturated carbocycles. The summed E-state index contributed by atoms with van der Waals surface area (Å²) in [4.78, 5) is 21.6. The van der Waals surface area contributed by atoms with Gasteiger partial charge in [-0.1, -0.05) is 29.8 Å². The molecule has 0 atom stereocenters. The number of hydrogen-bond donors (Lipinski definition) is 1. The van der Waals surface area contributed by atoms with Gasteiger partial charge in [0.25, 0.3) is 0 Å². The first kappa shape index (κ1) is 14.2. The maximum absolute atomic E-state index is 11.4. The van der Waals surface area contributed by atoms with E-state index < -0.39 is 5.97 Å². The van der Waals surface area contributed by atoms with Gasteiger partial charge in [-0.2, -0.15) is 0 Å². The van der Waals surface area contributed by atoms with Crippen molar-refractivity contribution in [1.29, 1.82) is 0 Å². The average Bonchev–Trinajstić information content (AvgIpc) is 2.15. The maximum atomic E-state index is 11.4. The smallest absolute Gasteiger partial charge is 0.303 e. The minimum absolute atomic E-state index is 0. The number of aliphatic carboxylic acids is 1. The molecule has 0 aliphatic carbocycles. The molecule has 78 valence electrons. The molecule has 0 heterocycles. The van der Waals surface area contributed by atoms with E-state index in [0.717, 1.165) is 5.56 Å². The van der Waals surface area contributed by atoms with Crippen LogP contribution < -0.4 is 0 Å². The van der Waals surface area contributed by atoms with Gasteiger partial charge in [0.1, 0.15) is 0 Å². The Labute approximate surface area is 108 Å². The predicted octanol–water partition coefficient (Wildman–Crippen LogP) is 2.04. The van der Waals surface area contributed by atoms with Crippen molar-refractivity contribution in [1.82, 2.24) is 0 Å². The van der Waals surface area contributed by atoms with Crippen molar-refractivity contribution < 1.29 is 40.9 Å². The van der Waals surface area contributed by atoms with E-state index in [9.17, 15) is 9.59 Å². The molecule has 0 unspecified atom stereocenters. The van der Waals surface area contributed by atoms with Gasteiger partial charge in [-0.15, -0.1) is 0 Å². The Morgan fingerprint density at radius 2 is 1.67 bits per heavy atom. The molecule has 4 heteroatoms. The van der Waals surface area contributed by atoms with Crippen LogP contribution in [-0.4, -0.2) is 16.9 Å². The maximum Gasteiger partial charge on any atom is 0.303 e. The summed E-state index contributed by atoms with van der Waals surface area (Å²) >= 11 is 0. The number of carbonyl (C=O) groups is 2. The van der Waals surface area contributed by atoms with Crippen LogP contribution in [0.25, 0.3) is 0 Å². The van der Waals surface area contributed by atoms with Gasteiger partial charge >= 0.3 is 5.97 Å². The molecule has 0 amide bonds. The normalized spacial score (nSPS) is 9.13. The second-order valence-electron chi connectivity index (χ2n) is 3.18. The van der Waals surface area contributed by atoms with Crippen molar-refractivity contribution in [3.05, 3.63) is 35.4 Å². The quantitative estimate of drug-likeness (QED) is 0.860. The van der Waals surface area contributed by atoms with Crippen LogP contribution in [0, 0.1) is 6.92 Å². The fraction of sp³-hybridized carbons (Fsp3) is 0.273. The van der Waals surface area contributed by atoms with Crippen LogP contribution >= 0.6 is 0 Å². The second-order valence-corrected chi connectivity index (χ2v) is 3.18. The molecule has 0 saturated heterocycles. The van der Waals surface area contributed by atoms with E-state index in [1.807, 2.05) is 19.1 Å². The van der Waals surface area contributed by atoms with Crippen LogP contribution in [0.3, 0.4) is 0 Å². The summed E-state index contributed by atoms with van der Waals surface area (Å²) in [6.07, 6.45) is -0.0366. The Morgan fingerprint density at radius 3 is 2.13 bits per heavy atom. The van der Waals surface area contributed by atoms with Crippen molar-refractivity contribution >= 4 is 11.8 Å². The molecule has 3 nitrogen and oxygen atoms in total. The zero-order chi connectivity index (χ0) is 10.6. The van der Waals surface area contributed by atoms with Gasteiger partial charge in [0.15, 0.2) is 5.78 Å². The van der Waals surface area contributed by atoms with Gasteiger partial charge in [0.2, 0.25) is 0 Å². The predicted molar refractivity (Wildman–Crippen MR) is 52.4 cm³/mol. The molecule has 1 aromatic rings. The number of rotatable bonds is 4.